The lowest BCUT2D eigenvalue weighted by Crippen LogP contribution is -1.86. The Morgan fingerprint density at radius 3 is 2.79 bits per heavy atom. The van der Waals surface area contributed by atoms with Crippen LogP contribution in [-0.4, -0.2) is 5.11 Å². The van der Waals surface area contributed by atoms with Crippen molar-refractivity contribution in [3.05, 3.63) is 29.3 Å². The summed E-state index contributed by atoms with van der Waals surface area (Å²) < 4.78 is 2.06. The molecule has 0 spiro atoms. The number of rotatable bonds is 2. The molecule has 1 aromatic carbocycles. The van der Waals surface area contributed by atoms with Crippen LogP contribution < -0.4 is 0 Å². The lowest BCUT2D eigenvalue weighted by molar-refractivity contribution is 0.283. The Kier molecular flexibility index (Phi) is 3.02. The van der Waals surface area contributed by atoms with Crippen molar-refractivity contribution in [1.82, 2.24) is 0 Å². The maximum absolute atomic E-state index is 9.20. The van der Waals surface area contributed by atoms with Gasteiger partial charge in [-0.25, -0.2) is 0 Å². The van der Waals surface area contributed by atoms with Crippen molar-refractivity contribution in [3.8, 4) is 0 Å². The highest BCUT2D eigenvalue weighted by atomic mass is 35.5. The largest absolute Gasteiger partial charge is 0.392 e. The Balaban J connectivity index is 2.72. The molecule has 0 bridgehead atoms. The third-order valence-corrected chi connectivity index (χ3v) is 3.81. The molecule has 0 radical (unpaired) electrons. The van der Waals surface area contributed by atoms with Crippen LogP contribution in [0, 0.1) is 0 Å². The third kappa shape index (κ3) is 1.77. The molecule has 1 nitrogen and oxygen atoms in total. The second-order valence-electron chi connectivity index (χ2n) is 3.05. The van der Waals surface area contributed by atoms with Crippen LogP contribution in [0.1, 0.15) is 11.1 Å². The molecule has 0 aliphatic carbocycles. The summed E-state index contributed by atoms with van der Waals surface area (Å²) in [6.07, 6.45) is 0. The average molecular weight is 245 g/mol. The van der Waals surface area contributed by atoms with Gasteiger partial charge in [-0.05, 0) is 28.6 Å². The first-order valence-corrected chi connectivity index (χ1v) is 5.95. The topological polar surface area (TPSA) is 20.2 Å². The van der Waals surface area contributed by atoms with E-state index in [0.29, 0.717) is 5.88 Å². The van der Waals surface area contributed by atoms with Gasteiger partial charge in [0.15, 0.2) is 0 Å². The number of hydrogen-bond donors (Lipinski definition) is 2. The van der Waals surface area contributed by atoms with E-state index in [2.05, 4.69) is 12.6 Å². The predicted molar refractivity (Wildman–Crippen MR) is 64.6 cm³/mol. The molecule has 1 aromatic heterocycles. The van der Waals surface area contributed by atoms with Crippen molar-refractivity contribution in [2.45, 2.75) is 16.7 Å². The molecule has 14 heavy (non-hydrogen) atoms. The molecule has 2 rings (SSSR count). The van der Waals surface area contributed by atoms with Crippen LogP contribution in [0.25, 0.3) is 10.1 Å². The number of halogens is 1. The van der Waals surface area contributed by atoms with E-state index >= 15 is 0 Å². The molecule has 0 unspecified atom stereocenters. The summed E-state index contributed by atoms with van der Waals surface area (Å²) in [5.74, 6) is 0.473. The van der Waals surface area contributed by atoms with Gasteiger partial charge in [-0.2, -0.15) is 0 Å². The Morgan fingerprint density at radius 1 is 1.36 bits per heavy atom. The summed E-state index contributed by atoms with van der Waals surface area (Å²) in [5.41, 5.74) is 1.97. The van der Waals surface area contributed by atoms with Crippen LogP contribution in [0.3, 0.4) is 0 Å². The highest BCUT2D eigenvalue weighted by Gasteiger charge is 2.06. The van der Waals surface area contributed by atoms with Gasteiger partial charge in [0.1, 0.15) is 0 Å². The lowest BCUT2D eigenvalue weighted by Gasteiger charge is -2.01. The van der Waals surface area contributed by atoms with Crippen molar-refractivity contribution in [2.24, 2.45) is 0 Å². The maximum Gasteiger partial charge on any atom is 0.0695 e. The number of fused-ring (bicyclic) bond motifs is 1. The van der Waals surface area contributed by atoms with Gasteiger partial charge in [-0.1, -0.05) is 6.07 Å². The van der Waals surface area contributed by atoms with Crippen molar-refractivity contribution in [1.29, 1.82) is 0 Å². The minimum absolute atomic E-state index is 0.0506. The molecular formula is C10H9ClOS2. The zero-order chi connectivity index (χ0) is 10.1. The van der Waals surface area contributed by atoms with Gasteiger partial charge >= 0.3 is 0 Å². The van der Waals surface area contributed by atoms with Crippen molar-refractivity contribution in [2.75, 3.05) is 0 Å². The Hall–Kier alpha value is -0.220. The first kappa shape index (κ1) is 10.3. The fraction of sp³-hybridized carbons (Fsp3) is 0.200. The number of aliphatic hydroxyl groups is 1. The third-order valence-electron chi connectivity index (χ3n) is 2.06. The molecule has 4 heteroatoms. The fourth-order valence-electron chi connectivity index (χ4n) is 1.48. The van der Waals surface area contributed by atoms with Crippen LogP contribution in [0.2, 0.25) is 0 Å². The normalized spacial score (nSPS) is 11.1. The molecule has 1 N–H and O–H groups in total. The van der Waals surface area contributed by atoms with Gasteiger partial charge < -0.3 is 5.11 Å². The zero-order valence-electron chi connectivity index (χ0n) is 7.33. The predicted octanol–water partition coefficient (Wildman–Crippen LogP) is 3.42. The van der Waals surface area contributed by atoms with Gasteiger partial charge in [0.05, 0.1) is 10.8 Å². The molecule has 0 amide bonds. The molecule has 0 fully saturated rings. The van der Waals surface area contributed by atoms with Crippen LogP contribution >= 0.6 is 35.6 Å². The Bertz CT molecular complexity index is 464. The lowest BCUT2D eigenvalue weighted by atomic mass is 10.1. The van der Waals surface area contributed by atoms with Crippen molar-refractivity contribution < 1.29 is 5.11 Å². The highest BCUT2D eigenvalue weighted by Crippen LogP contribution is 2.32. The molecule has 0 saturated carbocycles. The molecule has 1 heterocycles. The van der Waals surface area contributed by atoms with Crippen molar-refractivity contribution in [3.63, 3.8) is 0 Å². The molecule has 2 aromatic rings. The molecule has 74 valence electrons. The van der Waals surface area contributed by atoms with Gasteiger partial charge in [-0.15, -0.1) is 35.6 Å². The first-order chi connectivity index (χ1) is 6.74. The zero-order valence-corrected chi connectivity index (χ0v) is 9.79. The summed E-state index contributed by atoms with van der Waals surface area (Å²) in [6.45, 7) is 0.0506. The van der Waals surface area contributed by atoms with Crippen LogP contribution in [-0.2, 0) is 12.5 Å². The molecular weight excluding hydrogens is 236 g/mol. The summed E-state index contributed by atoms with van der Waals surface area (Å²) >= 11 is 11.6. The summed E-state index contributed by atoms with van der Waals surface area (Å²) in [7, 11) is 0. The Labute approximate surface area is 96.7 Å². The van der Waals surface area contributed by atoms with Crippen LogP contribution in [0.4, 0.5) is 0 Å². The average Bonchev–Trinajstić information content (AvgIpc) is 2.56. The van der Waals surface area contributed by atoms with E-state index in [1.54, 1.807) is 11.3 Å². The molecule has 0 aliphatic rings. The number of thiol groups is 1. The van der Waals surface area contributed by atoms with E-state index in [9.17, 15) is 5.11 Å². The van der Waals surface area contributed by atoms with Crippen LogP contribution in [0.15, 0.2) is 22.4 Å². The SMILES string of the molecule is OCc1cc(CCl)cc2cc(S)sc12. The standard InChI is InChI=1S/C10H9ClOS2/c11-4-6-1-7-3-9(13)14-10(7)8(2-6)5-12/h1-3,12-13H,4-5H2. The quantitative estimate of drug-likeness (QED) is 0.613. The maximum atomic E-state index is 9.20. The fourth-order valence-corrected chi connectivity index (χ4v) is 2.93. The Morgan fingerprint density at radius 2 is 2.14 bits per heavy atom. The van der Waals surface area contributed by atoms with E-state index < -0.39 is 0 Å². The molecule has 0 aliphatic heterocycles. The summed E-state index contributed by atoms with van der Waals surface area (Å²) in [4.78, 5) is 0. The van der Waals surface area contributed by atoms with Crippen LogP contribution in [0.5, 0.6) is 0 Å². The summed E-state index contributed by atoms with van der Waals surface area (Å²) in [6, 6.07) is 5.98. The van der Waals surface area contributed by atoms with Gasteiger partial charge in [0, 0.05) is 10.6 Å². The first-order valence-electron chi connectivity index (χ1n) is 4.15. The smallest absolute Gasteiger partial charge is 0.0695 e. The monoisotopic (exact) mass is 244 g/mol. The van der Waals surface area contributed by atoms with E-state index in [1.165, 1.54) is 0 Å². The van der Waals surface area contributed by atoms with E-state index in [4.69, 9.17) is 11.6 Å². The number of thiophene rings is 1. The minimum atomic E-state index is 0.0506. The minimum Gasteiger partial charge on any atom is -0.392 e. The van der Waals surface area contributed by atoms with E-state index in [0.717, 1.165) is 25.4 Å². The number of hydrogen-bond acceptors (Lipinski definition) is 3. The highest BCUT2D eigenvalue weighted by molar-refractivity contribution is 7.83. The summed E-state index contributed by atoms with van der Waals surface area (Å²) in [5, 5.41) is 10.3. The van der Waals surface area contributed by atoms with Gasteiger partial charge in [0.25, 0.3) is 0 Å². The number of aliphatic hydroxyl groups excluding tert-OH is 1. The van der Waals surface area contributed by atoms with Gasteiger partial charge in [-0.3, -0.25) is 0 Å². The van der Waals surface area contributed by atoms with Gasteiger partial charge in [0.2, 0.25) is 0 Å². The molecule has 0 atom stereocenters. The van der Waals surface area contributed by atoms with E-state index in [-0.39, 0.29) is 6.61 Å². The second-order valence-corrected chi connectivity index (χ2v) is 5.15. The van der Waals surface area contributed by atoms with Crippen molar-refractivity contribution >= 4 is 45.7 Å². The number of alkyl halides is 1. The number of benzene rings is 1. The molecule has 0 saturated heterocycles. The van der Waals surface area contributed by atoms with E-state index in [1.807, 2.05) is 18.2 Å². The second kappa shape index (κ2) is 4.11.